The molecule has 1 saturated heterocycles. The summed E-state index contributed by atoms with van der Waals surface area (Å²) in [6.07, 6.45) is 3.53. The van der Waals surface area contributed by atoms with Crippen molar-refractivity contribution in [2.45, 2.75) is 5.54 Å². The predicted octanol–water partition coefficient (Wildman–Crippen LogP) is 0.157. The van der Waals surface area contributed by atoms with Gasteiger partial charge in [-0.3, -0.25) is 9.89 Å². The molecule has 0 aliphatic carbocycles. The number of benzene rings is 1. The van der Waals surface area contributed by atoms with Crippen LogP contribution in [-0.2, 0) is 4.74 Å². The minimum absolute atomic E-state index is 0.0906. The Balaban J connectivity index is 1.62. The van der Waals surface area contributed by atoms with E-state index in [1.165, 1.54) is 0 Å². The highest BCUT2D eigenvalue weighted by atomic mass is 16.5. The lowest BCUT2D eigenvalue weighted by atomic mass is 10.0. The van der Waals surface area contributed by atoms with Crippen molar-refractivity contribution in [1.82, 2.24) is 20.8 Å². The highest BCUT2D eigenvalue weighted by Crippen LogP contribution is 2.18. The number of rotatable bonds is 5. The molecule has 1 unspecified atom stereocenters. The zero-order chi connectivity index (χ0) is 16.1. The van der Waals surface area contributed by atoms with E-state index in [2.05, 4.69) is 20.8 Å². The highest BCUT2D eigenvalue weighted by Gasteiger charge is 2.32. The Bertz CT molecular complexity index is 634. The summed E-state index contributed by atoms with van der Waals surface area (Å²) in [4.78, 5) is 12.3. The number of hydrogen-bond donors (Lipinski definition) is 4. The lowest BCUT2D eigenvalue weighted by molar-refractivity contribution is 0.0000343. The number of nitrogens with one attached hydrogen (secondary N) is 3. The zero-order valence-electron chi connectivity index (χ0n) is 12.7. The van der Waals surface area contributed by atoms with Crippen molar-refractivity contribution in [1.29, 1.82) is 0 Å². The van der Waals surface area contributed by atoms with Crippen LogP contribution in [0.1, 0.15) is 10.4 Å². The molecule has 0 bridgehead atoms. The Morgan fingerprint density at radius 1 is 1.35 bits per heavy atom. The molecule has 1 amide bonds. The smallest absolute Gasteiger partial charge is 0.251 e. The van der Waals surface area contributed by atoms with Crippen molar-refractivity contribution in [3.05, 3.63) is 42.2 Å². The molecule has 2 aromatic rings. The van der Waals surface area contributed by atoms with E-state index in [1.54, 1.807) is 24.5 Å². The van der Waals surface area contributed by atoms with E-state index >= 15 is 0 Å². The van der Waals surface area contributed by atoms with Crippen molar-refractivity contribution in [2.75, 3.05) is 32.9 Å². The molecule has 3 rings (SSSR count). The molecule has 1 fully saturated rings. The number of H-pyrrole nitrogens is 1. The first-order valence-corrected chi connectivity index (χ1v) is 7.53. The van der Waals surface area contributed by atoms with Crippen LogP contribution < -0.4 is 10.6 Å². The lowest BCUT2D eigenvalue weighted by Crippen LogP contribution is -2.62. The van der Waals surface area contributed by atoms with Crippen molar-refractivity contribution < 1.29 is 14.6 Å². The monoisotopic (exact) mass is 316 g/mol. The van der Waals surface area contributed by atoms with Gasteiger partial charge in [-0.15, -0.1) is 0 Å². The third kappa shape index (κ3) is 3.58. The molecule has 1 atom stereocenters. The Kier molecular flexibility index (Phi) is 4.71. The van der Waals surface area contributed by atoms with Gasteiger partial charge < -0.3 is 20.5 Å². The molecule has 4 N–H and O–H groups in total. The number of aromatic nitrogens is 2. The minimum atomic E-state index is -0.607. The first kappa shape index (κ1) is 15.7. The Morgan fingerprint density at radius 3 is 2.78 bits per heavy atom. The van der Waals surface area contributed by atoms with Gasteiger partial charge in [-0.05, 0) is 17.7 Å². The second kappa shape index (κ2) is 6.91. The quantitative estimate of drug-likeness (QED) is 0.630. The van der Waals surface area contributed by atoms with Crippen molar-refractivity contribution in [2.24, 2.45) is 0 Å². The fourth-order valence-electron chi connectivity index (χ4n) is 2.55. The molecule has 122 valence electrons. The topological polar surface area (TPSA) is 99.3 Å². The Hall–Kier alpha value is -2.22. The summed E-state index contributed by atoms with van der Waals surface area (Å²) in [7, 11) is 0. The molecule has 1 aliphatic heterocycles. The predicted molar refractivity (Wildman–Crippen MR) is 85.0 cm³/mol. The van der Waals surface area contributed by atoms with Crippen LogP contribution in [0.2, 0.25) is 0 Å². The van der Waals surface area contributed by atoms with Crippen molar-refractivity contribution >= 4 is 5.91 Å². The van der Waals surface area contributed by atoms with Gasteiger partial charge >= 0.3 is 0 Å². The number of morpholine rings is 1. The maximum atomic E-state index is 12.3. The number of ether oxygens (including phenoxy) is 1. The molecule has 0 saturated carbocycles. The summed E-state index contributed by atoms with van der Waals surface area (Å²) >= 11 is 0. The average molecular weight is 316 g/mol. The third-order valence-corrected chi connectivity index (χ3v) is 3.99. The van der Waals surface area contributed by atoms with Gasteiger partial charge in [-0.1, -0.05) is 12.1 Å². The van der Waals surface area contributed by atoms with E-state index in [1.807, 2.05) is 12.1 Å². The average Bonchev–Trinajstić information content (AvgIpc) is 3.15. The zero-order valence-corrected chi connectivity index (χ0v) is 12.7. The van der Waals surface area contributed by atoms with Crippen LogP contribution in [0.25, 0.3) is 11.1 Å². The van der Waals surface area contributed by atoms with Gasteiger partial charge in [0.05, 0.1) is 31.6 Å². The number of aromatic amines is 1. The number of aliphatic hydroxyl groups excluding tert-OH is 1. The van der Waals surface area contributed by atoms with E-state index in [4.69, 9.17) is 4.74 Å². The van der Waals surface area contributed by atoms with E-state index in [9.17, 15) is 9.90 Å². The maximum Gasteiger partial charge on any atom is 0.251 e. The molecule has 0 radical (unpaired) electrons. The fraction of sp³-hybridized carbons (Fsp3) is 0.375. The maximum absolute atomic E-state index is 12.3. The molecular formula is C16H20N4O3. The number of carbonyl (C=O) groups is 1. The standard InChI is InChI=1S/C16H20N4O3/c21-10-16(11-23-6-5-18-16)9-17-15(22)13-3-1-12(2-4-13)14-7-19-20-8-14/h1-4,7-8,18,21H,5-6,9-11H2,(H,17,22)(H,19,20). The molecule has 7 nitrogen and oxygen atoms in total. The minimum Gasteiger partial charge on any atom is -0.394 e. The van der Waals surface area contributed by atoms with Crippen molar-refractivity contribution in [3.63, 3.8) is 0 Å². The summed E-state index contributed by atoms with van der Waals surface area (Å²) in [5, 5.41) is 22.3. The molecule has 23 heavy (non-hydrogen) atoms. The van der Waals surface area contributed by atoms with E-state index < -0.39 is 5.54 Å². The number of carbonyl (C=O) groups excluding carboxylic acids is 1. The van der Waals surface area contributed by atoms with Gasteiger partial charge in [0.15, 0.2) is 0 Å². The Morgan fingerprint density at radius 2 is 2.17 bits per heavy atom. The van der Waals surface area contributed by atoms with Gasteiger partial charge in [0.2, 0.25) is 0 Å². The molecule has 1 aromatic carbocycles. The SMILES string of the molecule is O=C(NCC1(CO)COCCN1)c1ccc(-c2cn[nH]c2)cc1. The molecular weight excluding hydrogens is 296 g/mol. The van der Waals surface area contributed by atoms with Gasteiger partial charge in [0.25, 0.3) is 5.91 Å². The van der Waals surface area contributed by atoms with Crippen LogP contribution in [0.3, 0.4) is 0 Å². The lowest BCUT2D eigenvalue weighted by Gasteiger charge is -2.36. The third-order valence-electron chi connectivity index (χ3n) is 3.99. The van der Waals surface area contributed by atoms with E-state index in [0.717, 1.165) is 11.1 Å². The van der Waals surface area contributed by atoms with E-state index in [-0.39, 0.29) is 12.5 Å². The molecule has 0 spiro atoms. The largest absolute Gasteiger partial charge is 0.394 e. The fourth-order valence-corrected chi connectivity index (χ4v) is 2.55. The van der Waals surface area contributed by atoms with Crippen LogP contribution in [0, 0.1) is 0 Å². The summed E-state index contributed by atoms with van der Waals surface area (Å²) in [5.74, 6) is -0.177. The number of hydrogen-bond acceptors (Lipinski definition) is 5. The summed E-state index contributed by atoms with van der Waals surface area (Å²) in [5.41, 5.74) is 1.93. The van der Waals surface area contributed by atoms with Gasteiger partial charge in [-0.25, -0.2) is 0 Å². The molecule has 1 aromatic heterocycles. The molecule has 7 heteroatoms. The van der Waals surface area contributed by atoms with Crippen LogP contribution in [0.15, 0.2) is 36.7 Å². The van der Waals surface area contributed by atoms with Crippen LogP contribution in [0.5, 0.6) is 0 Å². The molecule has 1 aliphatic rings. The highest BCUT2D eigenvalue weighted by molar-refractivity contribution is 5.94. The number of aliphatic hydroxyl groups is 1. The first-order valence-electron chi connectivity index (χ1n) is 7.53. The number of nitrogens with zero attached hydrogens (tertiary/aromatic N) is 1. The second-order valence-electron chi connectivity index (χ2n) is 5.66. The number of amides is 1. The summed E-state index contributed by atoms with van der Waals surface area (Å²) in [6.45, 7) is 1.88. The molecule has 2 heterocycles. The van der Waals surface area contributed by atoms with Crippen LogP contribution >= 0.6 is 0 Å². The van der Waals surface area contributed by atoms with Crippen molar-refractivity contribution in [3.8, 4) is 11.1 Å². The van der Waals surface area contributed by atoms with Crippen LogP contribution in [0.4, 0.5) is 0 Å². The first-order chi connectivity index (χ1) is 11.2. The van der Waals surface area contributed by atoms with Gasteiger partial charge in [0, 0.05) is 30.4 Å². The van der Waals surface area contributed by atoms with Crippen LogP contribution in [-0.4, -0.2) is 59.7 Å². The van der Waals surface area contributed by atoms with Gasteiger partial charge in [-0.2, -0.15) is 5.10 Å². The second-order valence-corrected chi connectivity index (χ2v) is 5.66. The van der Waals surface area contributed by atoms with E-state index in [0.29, 0.717) is 31.9 Å². The Labute approximate surface area is 134 Å². The summed E-state index contributed by atoms with van der Waals surface area (Å²) in [6, 6.07) is 7.30. The normalized spacial score (nSPS) is 21.1. The van der Waals surface area contributed by atoms with Gasteiger partial charge in [0.1, 0.15) is 0 Å². The summed E-state index contributed by atoms with van der Waals surface area (Å²) < 4.78 is 5.39.